The molecule has 0 radical (unpaired) electrons. The Morgan fingerprint density at radius 1 is 1.20 bits per heavy atom. The van der Waals surface area contributed by atoms with Gasteiger partial charge in [0.05, 0.1) is 0 Å². The van der Waals surface area contributed by atoms with Gasteiger partial charge < -0.3 is 5.73 Å². The fraction of sp³-hybridized carbons (Fsp3) is 0.923. The highest BCUT2D eigenvalue weighted by Crippen LogP contribution is 2.40. The van der Waals surface area contributed by atoms with E-state index in [0.717, 1.165) is 12.8 Å². The summed E-state index contributed by atoms with van der Waals surface area (Å²) in [5.74, 6) is 0.372. The molecule has 0 heterocycles. The number of hydrogen-bond acceptors (Lipinski definition) is 2. The number of rotatable bonds is 5. The summed E-state index contributed by atoms with van der Waals surface area (Å²) in [6, 6.07) is 0. The molecule has 1 atom stereocenters. The van der Waals surface area contributed by atoms with Gasteiger partial charge in [-0.2, -0.15) is 0 Å². The normalized spacial score (nSPS) is 15.1. The fourth-order valence-corrected chi connectivity index (χ4v) is 2.80. The molecule has 0 aromatic rings. The first-order valence-electron chi connectivity index (χ1n) is 5.81. The molecule has 0 aromatic carbocycles. The van der Waals surface area contributed by atoms with E-state index in [9.17, 15) is 4.79 Å². The molecule has 0 saturated carbocycles. The van der Waals surface area contributed by atoms with Crippen LogP contribution in [-0.4, -0.2) is 12.3 Å². The van der Waals surface area contributed by atoms with E-state index in [0.29, 0.717) is 6.54 Å². The summed E-state index contributed by atoms with van der Waals surface area (Å²) in [6.45, 7) is 13.3. The zero-order chi connectivity index (χ0) is 12.3. The SMILES string of the molecule is CC(=O)C(CCN)C(C)(C)CC(C)(C)C. The van der Waals surface area contributed by atoms with Crippen molar-refractivity contribution in [2.24, 2.45) is 22.5 Å². The quantitative estimate of drug-likeness (QED) is 0.763. The van der Waals surface area contributed by atoms with Gasteiger partial charge in [0.1, 0.15) is 5.78 Å². The van der Waals surface area contributed by atoms with Gasteiger partial charge in [-0.15, -0.1) is 0 Å². The Morgan fingerprint density at radius 3 is 1.93 bits per heavy atom. The van der Waals surface area contributed by atoms with Gasteiger partial charge >= 0.3 is 0 Å². The highest BCUT2D eigenvalue weighted by atomic mass is 16.1. The Hall–Kier alpha value is -0.370. The highest BCUT2D eigenvalue weighted by molar-refractivity contribution is 5.79. The predicted octanol–water partition coefficient (Wildman–Crippen LogP) is 3.00. The van der Waals surface area contributed by atoms with E-state index in [1.165, 1.54) is 0 Å². The maximum Gasteiger partial charge on any atom is 0.133 e. The average molecular weight is 213 g/mol. The minimum absolute atomic E-state index is 0.0451. The van der Waals surface area contributed by atoms with E-state index in [1.54, 1.807) is 6.92 Å². The first-order chi connectivity index (χ1) is 6.60. The van der Waals surface area contributed by atoms with Crippen LogP contribution in [0.15, 0.2) is 0 Å². The minimum Gasteiger partial charge on any atom is -0.330 e. The monoisotopic (exact) mass is 213 g/mol. The summed E-state index contributed by atoms with van der Waals surface area (Å²) in [6.07, 6.45) is 1.85. The largest absolute Gasteiger partial charge is 0.330 e. The van der Waals surface area contributed by atoms with Gasteiger partial charge in [-0.25, -0.2) is 0 Å². The first-order valence-corrected chi connectivity index (χ1v) is 5.81. The van der Waals surface area contributed by atoms with Gasteiger partial charge in [-0.3, -0.25) is 4.79 Å². The van der Waals surface area contributed by atoms with Crippen LogP contribution in [0.4, 0.5) is 0 Å². The third-order valence-corrected chi connectivity index (χ3v) is 2.88. The standard InChI is InChI=1S/C13H27NO/c1-10(15)11(7-8-14)13(5,6)9-12(2,3)4/h11H,7-9,14H2,1-6H3. The summed E-state index contributed by atoms with van der Waals surface area (Å²) in [5, 5.41) is 0. The number of hydrogen-bond donors (Lipinski definition) is 1. The van der Waals surface area contributed by atoms with E-state index in [4.69, 9.17) is 5.73 Å². The van der Waals surface area contributed by atoms with Crippen LogP contribution in [-0.2, 0) is 4.79 Å². The van der Waals surface area contributed by atoms with Gasteiger partial charge in [-0.05, 0) is 37.1 Å². The molecular formula is C13H27NO. The van der Waals surface area contributed by atoms with Gasteiger partial charge in [0.2, 0.25) is 0 Å². The predicted molar refractivity (Wildman–Crippen MR) is 65.7 cm³/mol. The van der Waals surface area contributed by atoms with Crippen molar-refractivity contribution in [3.63, 3.8) is 0 Å². The lowest BCUT2D eigenvalue weighted by molar-refractivity contribution is -0.125. The molecule has 0 saturated heterocycles. The Morgan fingerprint density at radius 2 is 1.67 bits per heavy atom. The van der Waals surface area contributed by atoms with Gasteiger partial charge in [-0.1, -0.05) is 34.6 Å². The zero-order valence-electron chi connectivity index (χ0n) is 11.2. The van der Waals surface area contributed by atoms with Crippen LogP contribution in [0.3, 0.4) is 0 Å². The molecule has 0 spiro atoms. The van der Waals surface area contributed by atoms with Crippen molar-refractivity contribution < 1.29 is 4.79 Å². The Kier molecular flexibility index (Phi) is 4.98. The summed E-state index contributed by atoms with van der Waals surface area (Å²) in [4.78, 5) is 11.6. The zero-order valence-corrected chi connectivity index (χ0v) is 11.2. The molecule has 2 N–H and O–H groups in total. The number of ketones is 1. The smallest absolute Gasteiger partial charge is 0.133 e. The molecule has 0 amide bonds. The maximum absolute atomic E-state index is 11.6. The van der Waals surface area contributed by atoms with Crippen molar-refractivity contribution in [3.8, 4) is 0 Å². The van der Waals surface area contributed by atoms with E-state index < -0.39 is 0 Å². The third kappa shape index (κ3) is 5.31. The molecule has 0 aromatic heterocycles. The molecule has 0 rings (SSSR count). The molecular weight excluding hydrogens is 186 g/mol. The second-order valence-corrected chi connectivity index (χ2v) is 6.47. The lowest BCUT2D eigenvalue weighted by Crippen LogP contribution is -2.34. The van der Waals surface area contributed by atoms with E-state index in [2.05, 4.69) is 34.6 Å². The summed E-state index contributed by atoms with van der Waals surface area (Å²) in [5.41, 5.74) is 5.88. The molecule has 0 aliphatic heterocycles. The van der Waals surface area contributed by atoms with Gasteiger partial charge in [0.25, 0.3) is 0 Å². The lowest BCUT2D eigenvalue weighted by Gasteiger charge is -2.38. The molecule has 15 heavy (non-hydrogen) atoms. The van der Waals surface area contributed by atoms with Crippen LogP contribution in [0.5, 0.6) is 0 Å². The van der Waals surface area contributed by atoms with Crippen molar-refractivity contribution in [2.45, 2.75) is 54.4 Å². The first kappa shape index (κ1) is 14.6. The second kappa shape index (κ2) is 5.11. The number of carbonyl (C=O) groups is 1. The maximum atomic E-state index is 11.6. The Balaban J connectivity index is 4.71. The molecule has 1 unspecified atom stereocenters. The topological polar surface area (TPSA) is 43.1 Å². The molecule has 0 aliphatic rings. The molecule has 2 nitrogen and oxygen atoms in total. The van der Waals surface area contributed by atoms with Crippen molar-refractivity contribution in [1.82, 2.24) is 0 Å². The number of nitrogens with two attached hydrogens (primary N) is 1. The van der Waals surface area contributed by atoms with Gasteiger partial charge in [0.15, 0.2) is 0 Å². The van der Waals surface area contributed by atoms with Crippen LogP contribution in [0.25, 0.3) is 0 Å². The van der Waals surface area contributed by atoms with Crippen LogP contribution < -0.4 is 5.73 Å². The molecule has 0 fully saturated rings. The third-order valence-electron chi connectivity index (χ3n) is 2.88. The summed E-state index contributed by atoms with van der Waals surface area (Å²) < 4.78 is 0. The van der Waals surface area contributed by atoms with E-state index in [1.807, 2.05) is 0 Å². The van der Waals surface area contributed by atoms with E-state index in [-0.39, 0.29) is 22.5 Å². The number of carbonyl (C=O) groups excluding carboxylic acids is 1. The molecule has 0 aliphatic carbocycles. The molecule has 2 heteroatoms. The summed E-state index contributed by atoms with van der Waals surface area (Å²) >= 11 is 0. The fourth-order valence-electron chi connectivity index (χ4n) is 2.80. The number of Topliss-reactive ketones (excluding diaryl/α,β-unsaturated/α-hetero) is 1. The Bertz CT molecular complexity index is 213. The van der Waals surface area contributed by atoms with Crippen molar-refractivity contribution in [2.75, 3.05) is 6.54 Å². The van der Waals surface area contributed by atoms with Crippen molar-refractivity contribution in [3.05, 3.63) is 0 Å². The van der Waals surface area contributed by atoms with E-state index >= 15 is 0 Å². The van der Waals surface area contributed by atoms with Crippen LogP contribution >= 0.6 is 0 Å². The lowest BCUT2D eigenvalue weighted by atomic mass is 9.67. The Labute approximate surface area is 94.6 Å². The molecule has 0 bridgehead atoms. The van der Waals surface area contributed by atoms with Crippen molar-refractivity contribution in [1.29, 1.82) is 0 Å². The van der Waals surface area contributed by atoms with Gasteiger partial charge in [0, 0.05) is 5.92 Å². The van der Waals surface area contributed by atoms with Crippen LogP contribution in [0, 0.1) is 16.7 Å². The molecule has 90 valence electrons. The minimum atomic E-state index is 0.0451. The summed E-state index contributed by atoms with van der Waals surface area (Å²) in [7, 11) is 0. The highest BCUT2D eigenvalue weighted by Gasteiger charge is 2.35. The second-order valence-electron chi connectivity index (χ2n) is 6.47. The van der Waals surface area contributed by atoms with Crippen LogP contribution in [0.2, 0.25) is 0 Å². The van der Waals surface area contributed by atoms with Crippen molar-refractivity contribution >= 4 is 5.78 Å². The van der Waals surface area contributed by atoms with Crippen LogP contribution in [0.1, 0.15) is 54.4 Å². The average Bonchev–Trinajstić information content (AvgIpc) is 1.93.